The first-order valence-corrected chi connectivity index (χ1v) is 6.84. The highest BCUT2D eigenvalue weighted by molar-refractivity contribution is 9.10. The van der Waals surface area contributed by atoms with Crippen LogP contribution >= 0.6 is 15.9 Å². The van der Waals surface area contributed by atoms with E-state index in [4.69, 9.17) is 4.42 Å². The zero-order valence-electron chi connectivity index (χ0n) is 10.6. The Morgan fingerprint density at radius 3 is 2.79 bits per heavy atom. The standard InChI is InChI=1S/C14H15BrN2O2/c1-2-14(18)17-11-5-3-4-10(8-11)16-9-13-12(15)6-7-19-13/h3-8,16H,2,9H2,1H3,(H,17,18). The molecule has 100 valence electrons. The molecule has 0 saturated heterocycles. The Morgan fingerprint density at radius 1 is 1.32 bits per heavy atom. The number of furan rings is 1. The van der Waals surface area contributed by atoms with E-state index >= 15 is 0 Å². The van der Waals surface area contributed by atoms with Crippen LogP contribution in [0.2, 0.25) is 0 Å². The second-order valence-electron chi connectivity index (χ2n) is 4.03. The van der Waals surface area contributed by atoms with E-state index in [1.165, 1.54) is 0 Å². The Kier molecular flexibility index (Phi) is 4.63. The summed E-state index contributed by atoms with van der Waals surface area (Å²) < 4.78 is 6.26. The molecular formula is C14H15BrN2O2. The number of anilines is 2. The monoisotopic (exact) mass is 322 g/mol. The minimum atomic E-state index is 0.00549. The van der Waals surface area contributed by atoms with Crippen molar-refractivity contribution in [2.75, 3.05) is 10.6 Å². The van der Waals surface area contributed by atoms with Crippen LogP contribution in [0.4, 0.5) is 11.4 Å². The van der Waals surface area contributed by atoms with Crippen molar-refractivity contribution in [3.05, 3.63) is 46.8 Å². The van der Waals surface area contributed by atoms with Gasteiger partial charge in [-0.15, -0.1) is 0 Å². The molecule has 19 heavy (non-hydrogen) atoms. The Hall–Kier alpha value is -1.75. The summed E-state index contributed by atoms with van der Waals surface area (Å²) in [7, 11) is 0. The van der Waals surface area contributed by atoms with Gasteiger partial charge in [-0.25, -0.2) is 0 Å². The number of carbonyl (C=O) groups excluding carboxylic acids is 1. The van der Waals surface area contributed by atoms with E-state index in [0.29, 0.717) is 13.0 Å². The molecule has 0 radical (unpaired) electrons. The lowest BCUT2D eigenvalue weighted by Crippen LogP contribution is -2.09. The minimum absolute atomic E-state index is 0.00549. The van der Waals surface area contributed by atoms with Crippen molar-refractivity contribution in [1.29, 1.82) is 0 Å². The molecule has 0 unspecified atom stereocenters. The summed E-state index contributed by atoms with van der Waals surface area (Å²) in [5, 5.41) is 6.07. The molecule has 0 aliphatic rings. The summed E-state index contributed by atoms with van der Waals surface area (Å²) >= 11 is 3.41. The number of carbonyl (C=O) groups is 1. The van der Waals surface area contributed by atoms with E-state index in [1.54, 1.807) is 6.26 Å². The van der Waals surface area contributed by atoms with Gasteiger partial charge in [0.15, 0.2) is 0 Å². The molecule has 4 nitrogen and oxygen atoms in total. The maximum Gasteiger partial charge on any atom is 0.224 e. The number of amides is 1. The fourth-order valence-electron chi connectivity index (χ4n) is 1.59. The third-order valence-corrected chi connectivity index (χ3v) is 3.32. The van der Waals surface area contributed by atoms with E-state index < -0.39 is 0 Å². The zero-order valence-corrected chi connectivity index (χ0v) is 12.2. The van der Waals surface area contributed by atoms with Crippen molar-refractivity contribution >= 4 is 33.2 Å². The maximum atomic E-state index is 11.3. The summed E-state index contributed by atoms with van der Waals surface area (Å²) in [6, 6.07) is 9.45. The van der Waals surface area contributed by atoms with Crippen molar-refractivity contribution in [2.24, 2.45) is 0 Å². The predicted molar refractivity (Wildman–Crippen MR) is 79.1 cm³/mol. The largest absolute Gasteiger partial charge is 0.466 e. The van der Waals surface area contributed by atoms with E-state index in [0.717, 1.165) is 21.6 Å². The van der Waals surface area contributed by atoms with Gasteiger partial charge in [-0.05, 0) is 40.2 Å². The number of hydrogen-bond donors (Lipinski definition) is 2. The van der Waals surface area contributed by atoms with Crippen LogP contribution < -0.4 is 10.6 Å². The molecule has 0 bridgehead atoms. The smallest absolute Gasteiger partial charge is 0.224 e. The van der Waals surface area contributed by atoms with Gasteiger partial charge in [0, 0.05) is 17.8 Å². The van der Waals surface area contributed by atoms with Crippen LogP contribution in [0.3, 0.4) is 0 Å². The van der Waals surface area contributed by atoms with Crippen LogP contribution in [-0.4, -0.2) is 5.91 Å². The first kappa shape index (κ1) is 13.7. The van der Waals surface area contributed by atoms with Crippen LogP contribution in [0.5, 0.6) is 0 Å². The quantitative estimate of drug-likeness (QED) is 0.874. The van der Waals surface area contributed by atoms with Gasteiger partial charge in [0.25, 0.3) is 0 Å². The molecule has 1 amide bonds. The third kappa shape index (κ3) is 3.86. The number of rotatable bonds is 5. The summed E-state index contributed by atoms with van der Waals surface area (Å²) in [5.74, 6) is 0.842. The summed E-state index contributed by atoms with van der Waals surface area (Å²) in [4.78, 5) is 11.3. The van der Waals surface area contributed by atoms with Crippen molar-refractivity contribution in [3.63, 3.8) is 0 Å². The fraction of sp³-hybridized carbons (Fsp3) is 0.214. The van der Waals surface area contributed by atoms with Gasteiger partial charge in [-0.1, -0.05) is 13.0 Å². The summed E-state index contributed by atoms with van der Waals surface area (Å²) in [6.07, 6.45) is 2.11. The first-order valence-electron chi connectivity index (χ1n) is 6.04. The van der Waals surface area contributed by atoms with Crippen molar-refractivity contribution < 1.29 is 9.21 Å². The summed E-state index contributed by atoms with van der Waals surface area (Å²) in [6.45, 7) is 2.41. The Morgan fingerprint density at radius 2 is 2.11 bits per heavy atom. The van der Waals surface area contributed by atoms with Crippen LogP contribution in [0.1, 0.15) is 19.1 Å². The lowest BCUT2D eigenvalue weighted by atomic mass is 10.2. The number of hydrogen-bond acceptors (Lipinski definition) is 3. The molecule has 0 spiro atoms. The average Bonchev–Trinajstić information content (AvgIpc) is 2.82. The third-order valence-electron chi connectivity index (χ3n) is 2.61. The van der Waals surface area contributed by atoms with Gasteiger partial charge in [0.05, 0.1) is 17.3 Å². The van der Waals surface area contributed by atoms with E-state index in [1.807, 2.05) is 37.3 Å². The van der Waals surface area contributed by atoms with Gasteiger partial charge in [0.1, 0.15) is 5.76 Å². The molecule has 2 aromatic rings. The molecule has 0 saturated carbocycles. The molecule has 2 N–H and O–H groups in total. The lowest BCUT2D eigenvalue weighted by molar-refractivity contribution is -0.115. The van der Waals surface area contributed by atoms with Crippen LogP contribution in [0.25, 0.3) is 0 Å². The van der Waals surface area contributed by atoms with Gasteiger partial charge in [-0.3, -0.25) is 4.79 Å². The number of halogens is 1. The Bertz CT molecular complexity index is 566. The fourth-order valence-corrected chi connectivity index (χ4v) is 1.93. The molecule has 1 aromatic carbocycles. The SMILES string of the molecule is CCC(=O)Nc1cccc(NCc2occc2Br)c1. The van der Waals surface area contributed by atoms with Crippen LogP contribution in [0.15, 0.2) is 45.5 Å². The maximum absolute atomic E-state index is 11.3. The highest BCUT2D eigenvalue weighted by atomic mass is 79.9. The van der Waals surface area contributed by atoms with Crippen molar-refractivity contribution in [3.8, 4) is 0 Å². The zero-order chi connectivity index (χ0) is 13.7. The topological polar surface area (TPSA) is 54.3 Å². The van der Waals surface area contributed by atoms with Gasteiger partial charge < -0.3 is 15.1 Å². The molecule has 0 aliphatic heterocycles. The highest BCUT2D eigenvalue weighted by Gasteiger charge is 2.04. The molecule has 5 heteroatoms. The minimum Gasteiger partial charge on any atom is -0.466 e. The molecule has 0 atom stereocenters. The highest BCUT2D eigenvalue weighted by Crippen LogP contribution is 2.20. The Labute approximate surface area is 120 Å². The van der Waals surface area contributed by atoms with Crippen LogP contribution in [-0.2, 0) is 11.3 Å². The molecule has 1 heterocycles. The lowest BCUT2D eigenvalue weighted by Gasteiger charge is -2.08. The van der Waals surface area contributed by atoms with Gasteiger partial charge >= 0.3 is 0 Å². The number of nitrogens with one attached hydrogen (secondary N) is 2. The molecule has 2 rings (SSSR count). The number of benzene rings is 1. The van der Waals surface area contributed by atoms with Crippen molar-refractivity contribution in [1.82, 2.24) is 0 Å². The van der Waals surface area contributed by atoms with Gasteiger partial charge in [-0.2, -0.15) is 0 Å². The van der Waals surface area contributed by atoms with Crippen molar-refractivity contribution in [2.45, 2.75) is 19.9 Å². The molecular weight excluding hydrogens is 308 g/mol. The second kappa shape index (κ2) is 6.43. The predicted octanol–water partition coefficient (Wildman–Crippen LogP) is 4.00. The normalized spacial score (nSPS) is 10.2. The van der Waals surface area contributed by atoms with Crippen LogP contribution in [0, 0.1) is 0 Å². The molecule has 1 aromatic heterocycles. The second-order valence-corrected chi connectivity index (χ2v) is 4.88. The summed E-state index contributed by atoms with van der Waals surface area (Å²) in [5.41, 5.74) is 1.72. The average molecular weight is 323 g/mol. The van der Waals surface area contributed by atoms with E-state index in [9.17, 15) is 4.79 Å². The Balaban J connectivity index is 1.99. The van der Waals surface area contributed by atoms with E-state index in [2.05, 4.69) is 26.6 Å². The molecule has 0 aliphatic carbocycles. The molecule has 0 fully saturated rings. The first-order chi connectivity index (χ1) is 9.19. The van der Waals surface area contributed by atoms with Gasteiger partial charge in [0.2, 0.25) is 5.91 Å². The van der Waals surface area contributed by atoms with E-state index in [-0.39, 0.29) is 5.91 Å².